The van der Waals surface area contributed by atoms with Gasteiger partial charge in [-0.2, -0.15) is 0 Å². The fraction of sp³-hybridized carbons (Fsp3) is 0.471. The van der Waals surface area contributed by atoms with Gasteiger partial charge in [-0.1, -0.05) is 101 Å². The van der Waals surface area contributed by atoms with Crippen LogP contribution in [0.25, 0.3) is 0 Å². The van der Waals surface area contributed by atoms with Crippen LogP contribution in [-0.2, 0) is 31.9 Å². The molecule has 0 saturated carbocycles. The van der Waals surface area contributed by atoms with Gasteiger partial charge in [0.05, 0.1) is 12.1 Å². The smallest absolute Gasteiger partial charge is 0.416 e. The molecule has 224 valence electrons. The summed E-state index contributed by atoms with van der Waals surface area (Å²) in [5, 5.41) is 0. The van der Waals surface area contributed by atoms with Crippen molar-refractivity contribution >= 4 is 24.0 Å². The SMILES string of the molecule is CC(C)[C@H](CC=CC[C@H](C(=O)N1C(=O)OC[C@H]1Cc1ccccc1)C(C)C)C(=O)N1C(=O)OC[C@H]1Cc1ccccc1. The summed E-state index contributed by atoms with van der Waals surface area (Å²) in [5.74, 6) is -1.32. The third kappa shape index (κ3) is 7.46. The standard InChI is InChI=1S/C34H42N2O6/c1-23(2)29(31(37)35-27(21-41-33(35)39)19-25-13-7-5-8-14-25)17-11-12-18-30(24(3)4)32(38)36-28(22-42-34(36)40)20-26-15-9-6-10-16-26/h5-16,23-24,27-30H,17-22H2,1-4H3/t27-,28-,29+,30+/m1/s1. The van der Waals surface area contributed by atoms with E-state index in [1.54, 1.807) is 0 Å². The third-order valence-electron chi connectivity index (χ3n) is 8.22. The third-order valence-corrected chi connectivity index (χ3v) is 8.22. The molecular weight excluding hydrogens is 532 g/mol. The van der Waals surface area contributed by atoms with E-state index >= 15 is 0 Å². The molecule has 4 rings (SSSR count). The lowest BCUT2D eigenvalue weighted by Gasteiger charge is -2.27. The van der Waals surface area contributed by atoms with Crippen molar-refractivity contribution in [3.8, 4) is 0 Å². The Labute approximate surface area is 248 Å². The van der Waals surface area contributed by atoms with Crippen LogP contribution in [-0.4, -0.2) is 59.1 Å². The Morgan fingerprint density at radius 2 is 1.05 bits per heavy atom. The predicted molar refractivity (Wildman–Crippen MR) is 159 cm³/mol. The summed E-state index contributed by atoms with van der Waals surface area (Å²) in [6.07, 6.45) is 4.60. The number of carbonyl (C=O) groups excluding carboxylic acids is 4. The molecule has 8 heteroatoms. The van der Waals surface area contributed by atoms with Crippen LogP contribution in [0.15, 0.2) is 72.8 Å². The topological polar surface area (TPSA) is 93.2 Å². The first-order valence-corrected chi connectivity index (χ1v) is 14.9. The van der Waals surface area contributed by atoms with Crippen molar-refractivity contribution in [3.63, 3.8) is 0 Å². The molecule has 2 aliphatic heterocycles. The first-order chi connectivity index (χ1) is 20.2. The number of hydrogen-bond acceptors (Lipinski definition) is 6. The van der Waals surface area contributed by atoms with Crippen LogP contribution in [0, 0.1) is 23.7 Å². The predicted octanol–water partition coefficient (Wildman–Crippen LogP) is 6.05. The molecule has 0 unspecified atom stereocenters. The van der Waals surface area contributed by atoms with Crippen LogP contribution in [0.1, 0.15) is 51.7 Å². The molecule has 4 atom stereocenters. The highest BCUT2D eigenvalue weighted by atomic mass is 16.6. The van der Waals surface area contributed by atoms with E-state index in [1.165, 1.54) is 9.80 Å². The van der Waals surface area contributed by atoms with Crippen molar-refractivity contribution in [2.75, 3.05) is 13.2 Å². The largest absolute Gasteiger partial charge is 0.447 e. The average molecular weight is 575 g/mol. The zero-order valence-electron chi connectivity index (χ0n) is 25.0. The molecule has 2 aliphatic rings. The van der Waals surface area contributed by atoms with Gasteiger partial charge in [0.25, 0.3) is 0 Å². The van der Waals surface area contributed by atoms with Gasteiger partial charge >= 0.3 is 12.2 Å². The van der Waals surface area contributed by atoms with Gasteiger partial charge in [0.2, 0.25) is 11.8 Å². The van der Waals surface area contributed by atoms with Crippen molar-refractivity contribution in [2.45, 2.75) is 65.5 Å². The molecule has 2 heterocycles. The van der Waals surface area contributed by atoms with E-state index in [0.717, 1.165) is 11.1 Å². The monoisotopic (exact) mass is 574 g/mol. The highest BCUT2D eigenvalue weighted by Gasteiger charge is 2.42. The Morgan fingerprint density at radius 1 is 0.690 bits per heavy atom. The first-order valence-electron chi connectivity index (χ1n) is 14.9. The molecule has 8 nitrogen and oxygen atoms in total. The number of hydrogen-bond donors (Lipinski definition) is 0. The molecule has 0 N–H and O–H groups in total. The number of benzene rings is 2. The number of nitrogens with zero attached hydrogens (tertiary/aromatic N) is 2. The molecular formula is C34H42N2O6. The van der Waals surface area contributed by atoms with E-state index < -0.39 is 24.0 Å². The number of rotatable bonds is 12. The maximum atomic E-state index is 13.6. The minimum absolute atomic E-state index is 0.00596. The number of ether oxygens (including phenoxy) is 2. The average Bonchev–Trinajstić information content (AvgIpc) is 3.51. The normalized spacial score (nSPS) is 20.3. The van der Waals surface area contributed by atoms with Crippen molar-refractivity contribution in [1.29, 1.82) is 0 Å². The van der Waals surface area contributed by atoms with Crippen molar-refractivity contribution < 1.29 is 28.7 Å². The highest BCUT2D eigenvalue weighted by Crippen LogP contribution is 2.28. The summed E-state index contributed by atoms with van der Waals surface area (Å²) in [6, 6.07) is 18.8. The summed E-state index contributed by atoms with van der Waals surface area (Å²) in [6.45, 7) is 8.24. The molecule has 2 saturated heterocycles. The van der Waals surface area contributed by atoms with E-state index in [9.17, 15) is 19.2 Å². The fourth-order valence-corrected chi connectivity index (χ4v) is 5.69. The van der Waals surface area contributed by atoms with E-state index in [0.29, 0.717) is 25.7 Å². The van der Waals surface area contributed by atoms with E-state index in [1.807, 2.05) is 101 Å². The van der Waals surface area contributed by atoms with Crippen molar-refractivity contribution in [1.82, 2.24) is 9.80 Å². The van der Waals surface area contributed by atoms with Gasteiger partial charge in [-0.3, -0.25) is 9.59 Å². The van der Waals surface area contributed by atoms with Crippen molar-refractivity contribution in [2.24, 2.45) is 23.7 Å². The number of cyclic esters (lactones) is 2. The second kappa shape index (κ2) is 14.3. The molecule has 4 amide bonds. The summed E-state index contributed by atoms with van der Waals surface area (Å²) < 4.78 is 10.6. The molecule has 0 bridgehead atoms. The second-order valence-electron chi connectivity index (χ2n) is 11.9. The number of imide groups is 2. The van der Waals surface area contributed by atoms with Gasteiger partial charge in [0, 0.05) is 11.8 Å². The maximum Gasteiger partial charge on any atom is 0.416 e. The lowest BCUT2D eigenvalue weighted by atomic mass is 9.88. The molecule has 2 aromatic rings. The highest BCUT2D eigenvalue weighted by molar-refractivity contribution is 5.95. The van der Waals surface area contributed by atoms with Crippen LogP contribution in [0.3, 0.4) is 0 Å². The molecule has 0 radical (unpaired) electrons. The zero-order valence-corrected chi connectivity index (χ0v) is 25.0. The molecule has 2 aromatic carbocycles. The molecule has 2 fully saturated rings. The number of carbonyl (C=O) groups is 4. The Bertz CT molecular complexity index is 1160. The summed E-state index contributed by atoms with van der Waals surface area (Å²) in [7, 11) is 0. The summed E-state index contributed by atoms with van der Waals surface area (Å²) in [5.41, 5.74) is 2.08. The summed E-state index contributed by atoms with van der Waals surface area (Å²) in [4.78, 5) is 55.0. The Balaban J connectivity index is 1.40. The van der Waals surface area contributed by atoms with E-state index in [4.69, 9.17) is 9.47 Å². The molecule has 42 heavy (non-hydrogen) atoms. The van der Waals surface area contributed by atoms with Crippen molar-refractivity contribution in [3.05, 3.63) is 83.9 Å². The van der Waals surface area contributed by atoms with E-state index in [-0.39, 0.29) is 48.9 Å². The quantitative estimate of drug-likeness (QED) is 0.287. The zero-order chi connectivity index (χ0) is 30.2. The first kappa shape index (κ1) is 31.0. The van der Waals surface area contributed by atoms with Gasteiger partial charge in [-0.15, -0.1) is 0 Å². The number of amides is 4. The van der Waals surface area contributed by atoms with Crippen LogP contribution in [0.4, 0.5) is 9.59 Å². The Kier molecular flexibility index (Phi) is 10.6. The van der Waals surface area contributed by atoms with Crippen LogP contribution < -0.4 is 0 Å². The number of allylic oxidation sites excluding steroid dienone is 2. The van der Waals surface area contributed by atoms with Gasteiger partial charge < -0.3 is 9.47 Å². The summed E-state index contributed by atoms with van der Waals surface area (Å²) >= 11 is 0. The van der Waals surface area contributed by atoms with Gasteiger partial charge in [-0.05, 0) is 48.6 Å². The Hall–Kier alpha value is -3.94. The molecule has 0 spiro atoms. The van der Waals surface area contributed by atoms with Gasteiger partial charge in [0.1, 0.15) is 13.2 Å². The minimum Gasteiger partial charge on any atom is -0.447 e. The molecule has 0 aliphatic carbocycles. The van der Waals surface area contributed by atoms with Gasteiger partial charge in [0.15, 0.2) is 0 Å². The van der Waals surface area contributed by atoms with Crippen LogP contribution in [0.2, 0.25) is 0 Å². The minimum atomic E-state index is -0.594. The fourth-order valence-electron chi connectivity index (χ4n) is 5.69. The second-order valence-corrected chi connectivity index (χ2v) is 11.9. The Morgan fingerprint density at radius 3 is 1.38 bits per heavy atom. The lowest BCUT2D eigenvalue weighted by Crippen LogP contribution is -2.45. The van der Waals surface area contributed by atoms with Crippen LogP contribution >= 0.6 is 0 Å². The van der Waals surface area contributed by atoms with E-state index in [2.05, 4.69) is 0 Å². The molecule has 0 aromatic heterocycles. The lowest BCUT2D eigenvalue weighted by molar-refractivity contribution is -0.135. The van der Waals surface area contributed by atoms with Crippen LogP contribution in [0.5, 0.6) is 0 Å². The maximum absolute atomic E-state index is 13.6. The van der Waals surface area contributed by atoms with Gasteiger partial charge in [-0.25, -0.2) is 19.4 Å².